The molecule has 0 saturated heterocycles. The molecular formula is C31H32Br2N2O6. The number of rotatable bonds is 11. The summed E-state index contributed by atoms with van der Waals surface area (Å²) in [5.74, 6) is -1.05. The highest BCUT2D eigenvalue weighted by Gasteiger charge is 2.22. The molecule has 3 rings (SSSR count). The van der Waals surface area contributed by atoms with E-state index in [9.17, 15) is 14.7 Å². The summed E-state index contributed by atoms with van der Waals surface area (Å²) < 4.78 is 18.0. The third-order valence-corrected chi connectivity index (χ3v) is 6.84. The van der Waals surface area contributed by atoms with Crippen molar-refractivity contribution >= 4 is 55.8 Å². The van der Waals surface area contributed by atoms with Gasteiger partial charge in [-0.3, -0.25) is 10.2 Å². The second-order valence-corrected chi connectivity index (χ2v) is 11.4. The van der Waals surface area contributed by atoms with E-state index in [0.717, 1.165) is 21.8 Å². The lowest BCUT2D eigenvalue weighted by molar-refractivity contribution is -0.153. The van der Waals surface area contributed by atoms with Crippen molar-refractivity contribution in [2.45, 2.75) is 39.9 Å². The van der Waals surface area contributed by atoms with Gasteiger partial charge in [-0.25, -0.2) is 4.79 Å². The van der Waals surface area contributed by atoms with Crippen LogP contribution in [0.4, 0.5) is 0 Å². The standard InChI is InChI=1S/C31H32Br2N2O6/c1-5-39-30(38)24(17-34-35-18-26(36)41-31(2,3)4)28(37)23-14-10-9-13-21(23)22-15-16-25(32)29(27(22)33)40-19-20-11-7-6-8-12-20/h6-17,35,37H,5,18-19H2,1-4H3. The van der Waals surface area contributed by atoms with Crippen LogP contribution in [-0.2, 0) is 25.7 Å². The SMILES string of the molecule is CCOC(=O)C(C=NNCC(=O)OC(C)(C)C)=C(O)c1ccccc1-c1ccc(Br)c(OCc2ccccc2)c1Br. The summed E-state index contributed by atoms with van der Waals surface area (Å²) in [6, 6.07) is 20.6. The first-order valence-corrected chi connectivity index (χ1v) is 14.4. The minimum Gasteiger partial charge on any atom is -0.506 e. The maximum atomic E-state index is 12.8. The Morgan fingerprint density at radius 1 is 0.976 bits per heavy atom. The molecule has 0 atom stereocenters. The molecule has 0 spiro atoms. The van der Waals surface area contributed by atoms with Crippen LogP contribution in [0.5, 0.6) is 5.75 Å². The number of aliphatic hydroxyl groups excluding tert-OH is 1. The molecule has 3 aromatic rings. The van der Waals surface area contributed by atoms with Crippen molar-refractivity contribution in [1.29, 1.82) is 0 Å². The fourth-order valence-electron chi connectivity index (χ4n) is 3.69. The Labute approximate surface area is 256 Å². The summed E-state index contributed by atoms with van der Waals surface area (Å²) >= 11 is 7.24. The predicted octanol–water partition coefficient (Wildman–Crippen LogP) is 7.21. The Balaban J connectivity index is 1.97. The van der Waals surface area contributed by atoms with Crippen LogP contribution in [0, 0.1) is 0 Å². The summed E-state index contributed by atoms with van der Waals surface area (Å²) in [6.45, 7) is 7.16. The molecule has 0 aliphatic heterocycles. The molecule has 0 amide bonds. The maximum absolute atomic E-state index is 12.8. The number of nitrogens with zero attached hydrogens (tertiary/aromatic N) is 1. The van der Waals surface area contributed by atoms with E-state index in [-0.39, 0.29) is 24.5 Å². The molecule has 0 aliphatic rings. The highest BCUT2D eigenvalue weighted by atomic mass is 79.9. The molecule has 0 unspecified atom stereocenters. The Kier molecular flexibility index (Phi) is 11.5. The summed E-state index contributed by atoms with van der Waals surface area (Å²) in [7, 11) is 0. The van der Waals surface area contributed by atoms with Crippen LogP contribution in [0.2, 0.25) is 0 Å². The highest BCUT2D eigenvalue weighted by molar-refractivity contribution is 9.11. The number of carbonyl (C=O) groups excluding carboxylic acids is 2. The second-order valence-electron chi connectivity index (χ2n) is 9.72. The number of hydrogen-bond acceptors (Lipinski definition) is 8. The lowest BCUT2D eigenvalue weighted by Gasteiger charge is -2.19. The van der Waals surface area contributed by atoms with E-state index in [1.165, 1.54) is 0 Å². The van der Waals surface area contributed by atoms with Crippen molar-refractivity contribution in [3.63, 3.8) is 0 Å². The Morgan fingerprint density at radius 3 is 2.34 bits per heavy atom. The molecule has 216 valence electrons. The van der Waals surface area contributed by atoms with E-state index in [1.807, 2.05) is 54.6 Å². The number of aliphatic hydroxyl groups is 1. The van der Waals surface area contributed by atoms with E-state index in [0.29, 0.717) is 28.0 Å². The van der Waals surface area contributed by atoms with Crippen LogP contribution in [0.15, 0.2) is 86.3 Å². The van der Waals surface area contributed by atoms with Gasteiger partial charge in [-0.2, -0.15) is 5.10 Å². The zero-order valence-corrected chi connectivity index (χ0v) is 26.4. The molecule has 0 bridgehead atoms. The minimum atomic E-state index is -0.774. The number of hydrazone groups is 1. The van der Waals surface area contributed by atoms with Crippen LogP contribution in [0.25, 0.3) is 16.9 Å². The van der Waals surface area contributed by atoms with Crippen LogP contribution in [-0.4, -0.2) is 42.0 Å². The largest absolute Gasteiger partial charge is 0.506 e. The predicted molar refractivity (Wildman–Crippen MR) is 167 cm³/mol. The van der Waals surface area contributed by atoms with Gasteiger partial charge in [0.2, 0.25) is 0 Å². The number of nitrogens with one attached hydrogen (secondary N) is 1. The first kappa shape index (κ1) is 31.9. The first-order valence-electron chi connectivity index (χ1n) is 12.8. The minimum absolute atomic E-state index is 0.0941. The van der Waals surface area contributed by atoms with E-state index in [1.54, 1.807) is 39.8 Å². The van der Waals surface area contributed by atoms with Gasteiger partial charge in [-0.1, -0.05) is 60.7 Å². The zero-order valence-electron chi connectivity index (χ0n) is 23.2. The van der Waals surface area contributed by atoms with E-state index in [2.05, 4.69) is 42.4 Å². The molecular weight excluding hydrogens is 656 g/mol. The normalized spacial score (nSPS) is 12.0. The van der Waals surface area contributed by atoms with E-state index in [4.69, 9.17) is 14.2 Å². The van der Waals surface area contributed by atoms with Crippen molar-refractivity contribution in [2.75, 3.05) is 13.2 Å². The molecule has 41 heavy (non-hydrogen) atoms. The molecule has 0 saturated carbocycles. The average molecular weight is 688 g/mol. The topological polar surface area (TPSA) is 106 Å². The monoisotopic (exact) mass is 686 g/mol. The lowest BCUT2D eigenvalue weighted by Crippen LogP contribution is -2.29. The fourth-order valence-corrected chi connectivity index (χ4v) is 5.07. The number of esters is 2. The quantitative estimate of drug-likeness (QED) is 0.0722. The summed E-state index contributed by atoms with van der Waals surface area (Å²) in [6.07, 6.45) is 1.12. The third kappa shape index (κ3) is 9.19. The van der Waals surface area contributed by atoms with Crippen LogP contribution in [0.1, 0.15) is 38.8 Å². The summed E-state index contributed by atoms with van der Waals surface area (Å²) in [5.41, 5.74) is 4.45. The number of benzene rings is 3. The van der Waals surface area contributed by atoms with Gasteiger partial charge in [0.1, 0.15) is 35.8 Å². The molecule has 8 nitrogen and oxygen atoms in total. The number of halogens is 2. The maximum Gasteiger partial charge on any atom is 0.343 e. The summed E-state index contributed by atoms with van der Waals surface area (Å²) in [4.78, 5) is 24.8. The number of carbonyl (C=O) groups is 2. The smallest absolute Gasteiger partial charge is 0.343 e. The van der Waals surface area contributed by atoms with Crippen LogP contribution < -0.4 is 10.2 Å². The van der Waals surface area contributed by atoms with Crippen molar-refractivity contribution in [1.82, 2.24) is 5.43 Å². The third-order valence-electron chi connectivity index (χ3n) is 5.43. The van der Waals surface area contributed by atoms with Crippen LogP contribution >= 0.6 is 31.9 Å². The van der Waals surface area contributed by atoms with E-state index < -0.39 is 17.5 Å². The molecule has 0 aromatic heterocycles. The Bertz CT molecular complexity index is 1430. The van der Waals surface area contributed by atoms with Crippen molar-refractivity contribution in [3.05, 3.63) is 92.4 Å². The number of ether oxygens (including phenoxy) is 3. The molecule has 0 heterocycles. The van der Waals surface area contributed by atoms with Crippen molar-refractivity contribution in [2.24, 2.45) is 5.10 Å². The lowest BCUT2D eigenvalue weighted by atomic mass is 9.96. The summed E-state index contributed by atoms with van der Waals surface area (Å²) in [5, 5.41) is 15.3. The van der Waals surface area contributed by atoms with Gasteiger partial charge in [-0.05, 0) is 76.7 Å². The first-order chi connectivity index (χ1) is 19.5. The van der Waals surface area contributed by atoms with Gasteiger partial charge in [0.05, 0.1) is 21.8 Å². The van der Waals surface area contributed by atoms with Gasteiger partial charge < -0.3 is 19.3 Å². The van der Waals surface area contributed by atoms with Crippen molar-refractivity contribution in [3.8, 4) is 16.9 Å². The Hall–Kier alpha value is -3.63. The molecule has 3 aromatic carbocycles. The van der Waals surface area contributed by atoms with Gasteiger partial charge in [0.25, 0.3) is 0 Å². The highest BCUT2D eigenvalue weighted by Crippen LogP contribution is 2.43. The average Bonchev–Trinajstić information content (AvgIpc) is 2.92. The fraction of sp³-hybridized carbons (Fsp3) is 0.258. The van der Waals surface area contributed by atoms with Crippen LogP contribution in [0.3, 0.4) is 0 Å². The van der Waals surface area contributed by atoms with Gasteiger partial charge in [-0.15, -0.1) is 0 Å². The molecule has 0 aliphatic carbocycles. The molecule has 0 fully saturated rings. The van der Waals surface area contributed by atoms with Gasteiger partial charge in [0, 0.05) is 11.1 Å². The number of hydrogen-bond donors (Lipinski definition) is 2. The zero-order chi connectivity index (χ0) is 30.0. The van der Waals surface area contributed by atoms with Crippen molar-refractivity contribution < 1.29 is 28.9 Å². The second kappa shape index (κ2) is 14.8. The molecule has 2 N–H and O–H groups in total. The molecule has 0 radical (unpaired) electrons. The molecule has 10 heteroatoms. The van der Waals surface area contributed by atoms with Gasteiger partial charge >= 0.3 is 11.9 Å². The van der Waals surface area contributed by atoms with E-state index >= 15 is 0 Å². The van der Waals surface area contributed by atoms with Gasteiger partial charge in [0.15, 0.2) is 0 Å². The Morgan fingerprint density at radius 2 is 1.66 bits per heavy atom.